The van der Waals surface area contributed by atoms with Crippen molar-refractivity contribution < 1.29 is 4.18 Å². The molecule has 34 valence electrons. The van der Waals surface area contributed by atoms with E-state index < -0.39 is 0 Å². The summed E-state index contributed by atoms with van der Waals surface area (Å²) in [5.74, 6) is 0. The average Bonchev–Trinajstić information content (AvgIpc) is 1.86. The molecule has 1 rings (SSSR count). The second-order valence-corrected chi connectivity index (χ2v) is 2.17. The van der Waals surface area contributed by atoms with E-state index in [1.807, 2.05) is 0 Å². The molecule has 0 saturated carbocycles. The number of hydrogen-bond donors (Lipinski definition) is 0. The monoisotopic (exact) mass is 102 g/mol. The normalized spacial score (nSPS) is 22.3. The first-order valence-corrected chi connectivity index (χ1v) is 2.61. The Morgan fingerprint density at radius 2 is 2.67 bits per heavy atom. The van der Waals surface area contributed by atoms with Crippen LogP contribution in [0.15, 0.2) is 11.5 Å². The van der Waals surface area contributed by atoms with Gasteiger partial charge in [-0.25, -0.2) is 0 Å². The topological polar surface area (TPSA) is 9.23 Å². The van der Waals surface area contributed by atoms with E-state index in [0.29, 0.717) is 0 Å². The minimum absolute atomic E-state index is 0.851. The fraction of sp³-hybridized carbons (Fsp3) is 0.500. The van der Waals surface area contributed by atoms with Crippen LogP contribution in [0.3, 0.4) is 0 Å². The number of hydrogen-bond acceptors (Lipinski definition) is 2. The van der Waals surface area contributed by atoms with Crippen molar-refractivity contribution in [1.29, 1.82) is 0 Å². The van der Waals surface area contributed by atoms with Crippen LogP contribution in [0.5, 0.6) is 0 Å². The fourth-order valence-electron chi connectivity index (χ4n) is 0.322. The van der Waals surface area contributed by atoms with Gasteiger partial charge < -0.3 is 4.18 Å². The van der Waals surface area contributed by atoms with Crippen LogP contribution in [0.4, 0.5) is 0 Å². The zero-order valence-electron chi connectivity index (χ0n) is 3.44. The van der Waals surface area contributed by atoms with Crippen LogP contribution in [0.2, 0.25) is 0 Å². The van der Waals surface area contributed by atoms with Crippen LogP contribution in [-0.2, 0) is 4.18 Å². The molecule has 1 nitrogen and oxygen atoms in total. The van der Waals surface area contributed by atoms with Gasteiger partial charge in [0.25, 0.3) is 0 Å². The SMILES string of the molecule is C=C1CCOS1. The van der Waals surface area contributed by atoms with E-state index in [1.165, 1.54) is 12.0 Å². The minimum Gasteiger partial charge on any atom is -0.310 e. The third kappa shape index (κ3) is 0.758. The molecule has 0 aliphatic carbocycles. The summed E-state index contributed by atoms with van der Waals surface area (Å²) in [6.07, 6.45) is 1.03. The van der Waals surface area contributed by atoms with Crippen molar-refractivity contribution in [1.82, 2.24) is 0 Å². The van der Waals surface area contributed by atoms with Gasteiger partial charge in [-0.05, 0) is 0 Å². The molecule has 1 aliphatic rings. The predicted molar refractivity (Wildman–Crippen MR) is 27.3 cm³/mol. The summed E-state index contributed by atoms with van der Waals surface area (Å²) in [6, 6.07) is 0. The van der Waals surface area contributed by atoms with E-state index in [-0.39, 0.29) is 0 Å². The fourth-order valence-corrected chi connectivity index (χ4v) is 0.822. The zero-order valence-corrected chi connectivity index (χ0v) is 4.25. The van der Waals surface area contributed by atoms with Gasteiger partial charge in [0.15, 0.2) is 0 Å². The standard InChI is InChI=1S/C4H6OS/c1-4-2-3-5-6-4/h1-3H2. The lowest BCUT2D eigenvalue weighted by atomic mass is 10.5. The second-order valence-electron chi connectivity index (χ2n) is 1.19. The smallest absolute Gasteiger partial charge is 0.0664 e. The van der Waals surface area contributed by atoms with Gasteiger partial charge in [0.2, 0.25) is 0 Å². The van der Waals surface area contributed by atoms with Crippen LogP contribution in [0.25, 0.3) is 0 Å². The lowest BCUT2D eigenvalue weighted by Crippen LogP contribution is -1.68. The molecular weight excluding hydrogens is 96.1 g/mol. The molecule has 0 bridgehead atoms. The predicted octanol–water partition coefficient (Wildman–Crippen LogP) is 1.57. The molecular formula is C4H6OS. The Balaban J connectivity index is 2.37. The van der Waals surface area contributed by atoms with Crippen LogP contribution in [-0.4, -0.2) is 6.61 Å². The Morgan fingerprint density at radius 3 is 2.83 bits per heavy atom. The Hall–Kier alpha value is 0.0500. The summed E-state index contributed by atoms with van der Waals surface area (Å²) in [4.78, 5) is 1.15. The van der Waals surface area contributed by atoms with Gasteiger partial charge in [0.05, 0.1) is 6.61 Å². The maximum atomic E-state index is 4.87. The molecule has 0 aromatic heterocycles. The quantitative estimate of drug-likeness (QED) is 0.429. The van der Waals surface area contributed by atoms with Crippen molar-refractivity contribution in [2.75, 3.05) is 6.61 Å². The first-order valence-electron chi connectivity index (χ1n) is 1.87. The van der Waals surface area contributed by atoms with Gasteiger partial charge in [0, 0.05) is 23.4 Å². The summed E-state index contributed by atoms with van der Waals surface area (Å²) < 4.78 is 4.87. The molecule has 0 N–H and O–H groups in total. The van der Waals surface area contributed by atoms with E-state index >= 15 is 0 Å². The Bertz CT molecular complexity index is 61.9. The summed E-state index contributed by atoms with van der Waals surface area (Å²) in [5, 5.41) is 0. The van der Waals surface area contributed by atoms with Crippen molar-refractivity contribution >= 4 is 12.0 Å². The van der Waals surface area contributed by atoms with Crippen molar-refractivity contribution in [3.63, 3.8) is 0 Å². The van der Waals surface area contributed by atoms with Crippen molar-refractivity contribution in [2.24, 2.45) is 0 Å². The molecule has 0 radical (unpaired) electrons. The van der Waals surface area contributed by atoms with E-state index in [2.05, 4.69) is 6.58 Å². The maximum Gasteiger partial charge on any atom is 0.0664 e. The number of rotatable bonds is 0. The van der Waals surface area contributed by atoms with Crippen molar-refractivity contribution in [2.45, 2.75) is 6.42 Å². The van der Waals surface area contributed by atoms with Gasteiger partial charge in [-0.1, -0.05) is 6.58 Å². The van der Waals surface area contributed by atoms with Crippen LogP contribution in [0.1, 0.15) is 6.42 Å². The van der Waals surface area contributed by atoms with E-state index in [1.54, 1.807) is 0 Å². The molecule has 0 spiro atoms. The molecule has 6 heavy (non-hydrogen) atoms. The maximum absolute atomic E-state index is 4.87. The van der Waals surface area contributed by atoms with E-state index in [0.717, 1.165) is 17.9 Å². The molecule has 1 fully saturated rings. The molecule has 0 unspecified atom stereocenters. The van der Waals surface area contributed by atoms with Crippen LogP contribution in [0, 0.1) is 0 Å². The van der Waals surface area contributed by atoms with Gasteiger partial charge >= 0.3 is 0 Å². The minimum atomic E-state index is 0.851. The lowest BCUT2D eigenvalue weighted by Gasteiger charge is -1.77. The Kier molecular flexibility index (Phi) is 1.17. The lowest BCUT2D eigenvalue weighted by molar-refractivity contribution is 0.406. The zero-order chi connectivity index (χ0) is 4.41. The molecule has 2 heteroatoms. The van der Waals surface area contributed by atoms with E-state index in [4.69, 9.17) is 4.18 Å². The van der Waals surface area contributed by atoms with Crippen LogP contribution < -0.4 is 0 Å². The summed E-state index contributed by atoms with van der Waals surface area (Å²) >= 11 is 1.40. The molecule has 0 aromatic rings. The van der Waals surface area contributed by atoms with Gasteiger partial charge in [-0.3, -0.25) is 0 Å². The molecule has 0 atom stereocenters. The molecule has 1 aliphatic heterocycles. The van der Waals surface area contributed by atoms with Crippen molar-refractivity contribution in [3.05, 3.63) is 11.5 Å². The Labute approximate surface area is 41.6 Å². The Morgan fingerprint density at radius 1 is 1.83 bits per heavy atom. The van der Waals surface area contributed by atoms with Crippen LogP contribution >= 0.6 is 12.0 Å². The first kappa shape index (κ1) is 4.22. The third-order valence-corrected chi connectivity index (χ3v) is 1.37. The third-order valence-electron chi connectivity index (χ3n) is 0.641. The highest BCUT2D eigenvalue weighted by Crippen LogP contribution is 2.25. The summed E-state index contributed by atoms with van der Waals surface area (Å²) in [6.45, 7) is 4.54. The highest BCUT2D eigenvalue weighted by Gasteiger charge is 2.03. The molecule has 0 amide bonds. The highest BCUT2D eigenvalue weighted by molar-refractivity contribution is 7.98. The molecule has 0 aromatic carbocycles. The molecule has 1 saturated heterocycles. The van der Waals surface area contributed by atoms with Gasteiger partial charge in [-0.15, -0.1) is 0 Å². The highest BCUT2D eigenvalue weighted by atomic mass is 32.2. The largest absolute Gasteiger partial charge is 0.310 e. The summed E-state index contributed by atoms with van der Waals surface area (Å²) in [5.41, 5.74) is 0. The first-order chi connectivity index (χ1) is 2.89. The second kappa shape index (κ2) is 1.67. The van der Waals surface area contributed by atoms with Crippen molar-refractivity contribution in [3.8, 4) is 0 Å². The van der Waals surface area contributed by atoms with Gasteiger partial charge in [0.1, 0.15) is 0 Å². The van der Waals surface area contributed by atoms with E-state index in [9.17, 15) is 0 Å². The summed E-state index contributed by atoms with van der Waals surface area (Å²) in [7, 11) is 0. The molecule has 1 heterocycles. The van der Waals surface area contributed by atoms with Gasteiger partial charge in [-0.2, -0.15) is 0 Å². The average molecular weight is 102 g/mol.